The molecular weight excluding hydrogens is 202 g/mol. The number of aryl methyl sites for hydroxylation is 1. The Morgan fingerprint density at radius 3 is 2.50 bits per heavy atom. The Morgan fingerprint density at radius 1 is 1.31 bits per heavy atom. The summed E-state index contributed by atoms with van der Waals surface area (Å²) in [5, 5.41) is 0. The molecule has 1 aromatic heterocycles. The normalized spacial score (nSPS) is 10.5. The topological polar surface area (TPSA) is 42.1 Å². The van der Waals surface area contributed by atoms with Crippen LogP contribution in [0.2, 0.25) is 0 Å². The van der Waals surface area contributed by atoms with Crippen molar-refractivity contribution in [1.29, 1.82) is 0 Å². The third kappa shape index (κ3) is 2.65. The zero-order valence-corrected chi connectivity index (χ0v) is 10.6. The molecule has 1 N–H and O–H groups in total. The Hall–Kier alpha value is -1.25. The number of ether oxygens (including phenoxy) is 1. The lowest BCUT2D eigenvalue weighted by molar-refractivity contribution is 0.0492. The molecule has 0 unspecified atom stereocenters. The van der Waals surface area contributed by atoms with Gasteiger partial charge >= 0.3 is 5.97 Å². The van der Waals surface area contributed by atoms with Gasteiger partial charge in [-0.15, -0.1) is 0 Å². The fourth-order valence-electron chi connectivity index (χ4n) is 1.90. The molecule has 0 aromatic carbocycles. The molecule has 0 amide bonds. The fourth-order valence-corrected chi connectivity index (χ4v) is 1.90. The van der Waals surface area contributed by atoms with Gasteiger partial charge in [0.1, 0.15) is 5.69 Å². The van der Waals surface area contributed by atoms with Gasteiger partial charge in [-0.1, -0.05) is 20.3 Å². The molecule has 0 aliphatic rings. The van der Waals surface area contributed by atoms with Crippen molar-refractivity contribution in [3.63, 3.8) is 0 Å². The zero-order valence-electron chi connectivity index (χ0n) is 10.6. The summed E-state index contributed by atoms with van der Waals surface area (Å²) < 4.78 is 5.19. The summed E-state index contributed by atoms with van der Waals surface area (Å²) in [5.41, 5.74) is 3.94. The highest BCUT2D eigenvalue weighted by Gasteiger charge is 2.16. The van der Waals surface area contributed by atoms with Crippen LogP contribution in [-0.4, -0.2) is 17.6 Å². The van der Waals surface area contributed by atoms with Crippen molar-refractivity contribution in [3.05, 3.63) is 22.5 Å². The van der Waals surface area contributed by atoms with Gasteiger partial charge in [-0.25, -0.2) is 4.79 Å². The third-order valence-electron chi connectivity index (χ3n) is 2.88. The van der Waals surface area contributed by atoms with Gasteiger partial charge < -0.3 is 9.72 Å². The molecule has 1 heterocycles. The van der Waals surface area contributed by atoms with E-state index in [0.29, 0.717) is 12.3 Å². The van der Waals surface area contributed by atoms with Crippen molar-refractivity contribution in [2.24, 2.45) is 0 Å². The van der Waals surface area contributed by atoms with Crippen molar-refractivity contribution in [3.8, 4) is 0 Å². The summed E-state index contributed by atoms with van der Waals surface area (Å²) in [6, 6.07) is 0. The summed E-state index contributed by atoms with van der Waals surface area (Å²) in [6.45, 7) is 8.64. The van der Waals surface area contributed by atoms with E-state index in [1.807, 2.05) is 13.8 Å². The maximum Gasteiger partial charge on any atom is 0.355 e. The second-order valence-corrected chi connectivity index (χ2v) is 4.07. The highest BCUT2D eigenvalue weighted by Crippen LogP contribution is 2.19. The SMILES string of the molecule is CCCCOC(=O)c1[nH]c(C)c(CC)c1C. The largest absolute Gasteiger partial charge is 0.461 e. The smallest absolute Gasteiger partial charge is 0.355 e. The standard InChI is InChI=1S/C13H21NO2/c1-5-7-8-16-13(15)12-9(3)11(6-2)10(4)14-12/h14H,5-8H2,1-4H3. The molecule has 0 radical (unpaired) electrons. The minimum absolute atomic E-state index is 0.228. The van der Waals surface area contributed by atoms with E-state index < -0.39 is 0 Å². The van der Waals surface area contributed by atoms with E-state index in [1.165, 1.54) is 5.56 Å². The van der Waals surface area contributed by atoms with Gasteiger partial charge in [0, 0.05) is 5.69 Å². The molecule has 0 bridgehead atoms. The predicted molar refractivity (Wildman–Crippen MR) is 64.8 cm³/mol. The van der Waals surface area contributed by atoms with Gasteiger partial charge in [0.05, 0.1) is 6.61 Å². The molecule has 0 spiro atoms. The number of hydrogen-bond donors (Lipinski definition) is 1. The first-order valence-corrected chi connectivity index (χ1v) is 5.96. The van der Waals surface area contributed by atoms with Crippen LogP contribution >= 0.6 is 0 Å². The lowest BCUT2D eigenvalue weighted by atomic mass is 10.1. The van der Waals surface area contributed by atoms with Crippen LogP contribution in [0.25, 0.3) is 0 Å². The first-order chi connectivity index (χ1) is 7.61. The molecule has 90 valence electrons. The van der Waals surface area contributed by atoms with Crippen molar-refractivity contribution < 1.29 is 9.53 Å². The summed E-state index contributed by atoms with van der Waals surface area (Å²) in [6.07, 6.45) is 2.90. The average Bonchev–Trinajstić information content (AvgIpc) is 2.54. The lowest BCUT2D eigenvalue weighted by Gasteiger charge is -2.03. The maximum absolute atomic E-state index is 11.8. The number of aromatic amines is 1. The molecule has 0 atom stereocenters. The number of unbranched alkanes of at least 4 members (excludes halogenated alkanes) is 1. The molecule has 0 saturated heterocycles. The molecule has 0 fully saturated rings. The predicted octanol–water partition coefficient (Wildman–Crippen LogP) is 3.15. The minimum Gasteiger partial charge on any atom is -0.461 e. The first kappa shape index (κ1) is 12.8. The number of nitrogens with one attached hydrogen (secondary N) is 1. The van der Waals surface area contributed by atoms with E-state index in [2.05, 4.69) is 18.8 Å². The summed E-state index contributed by atoms with van der Waals surface area (Å²) in [5.74, 6) is -0.228. The Balaban J connectivity index is 2.76. The van der Waals surface area contributed by atoms with Gasteiger partial charge in [0.2, 0.25) is 0 Å². The summed E-state index contributed by atoms with van der Waals surface area (Å²) >= 11 is 0. The van der Waals surface area contributed by atoms with Gasteiger partial charge in [-0.05, 0) is 37.8 Å². The Bertz CT molecular complexity index is 366. The van der Waals surface area contributed by atoms with Crippen LogP contribution in [0.5, 0.6) is 0 Å². The molecule has 0 saturated carbocycles. The van der Waals surface area contributed by atoms with Gasteiger partial charge in [-0.2, -0.15) is 0 Å². The fraction of sp³-hybridized carbons (Fsp3) is 0.615. The summed E-state index contributed by atoms with van der Waals surface area (Å²) in [4.78, 5) is 14.9. The van der Waals surface area contributed by atoms with Gasteiger partial charge in [-0.3, -0.25) is 0 Å². The number of carbonyl (C=O) groups is 1. The molecule has 3 heteroatoms. The van der Waals surface area contributed by atoms with Crippen LogP contribution in [0.3, 0.4) is 0 Å². The van der Waals surface area contributed by atoms with Crippen molar-refractivity contribution >= 4 is 5.97 Å². The van der Waals surface area contributed by atoms with Crippen LogP contribution < -0.4 is 0 Å². The highest BCUT2D eigenvalue weighted by molar-refractivity contribution is 5.89. The molecule has 0 aliphatic heterocycles. The van der Waals surface area contributed by atoms with Gasteiger partial charge in [0.15, 0.2) is 0 Å². The van der Waals surface area contributed by atoms with Crippen LogP contribution in [0.4, 0.5) is 0 Å². The lowest BCUT2D eigenvalue weighted by Crippen LogP contribution is -2.08. The number of H-pyrrole nitrogens is 1. The number of rotatable bonds is 5. The quantitative estimate of drug-likeness (QED) is 0.615. The zero-order chi connectivity index (χ0) is 12.1. The molecule has 3 nitrogen and oxygen atoms in total. The average molecular weight is 223 g/mol. The Kier molecular flexibility index (Phi) is 4.59. The van der Waals surface area contributed by atoms with E-state index in [0.717, 1.165) is 30.5 Å². The van der Waals surface area contributed by atoms with E-state index in [9.17, 15) is 4.79 Å². The Morgan fingerprint density at radius 2 is 2.00 bits per heavy atom. The number of esters is 1. The van der Waals surface area contributed by atoms with E-state index in [-0.39, 0.29) is 5.97 Å². The molecule has 16 heavy (non-hydrogen) atoms. The summed E-state index contributed by atoms with van der Waals surface area (Å²) in [7, 11) is 0. The van der Waals surface area contributed by atoms with E-state index in [4.69, 9.17) is 4.74 Å². The third-order valence-corrected chi connectivity index (χ3v) is 2.88. The van der Waals surface area contributed by atoms with Crippen molar-refractivity contribution in [2.75, 3.05) is 6.61 Å². The number of hydrogen-bond acceptors (Lipinski definition) is 2. The number of carbonyl (C=O) groups excluding carboxylic acids is 1. The molecule has 0 aliphatic carbocycles. The van der Waals surface area contributed by atoms with Crippen LogP contribution in [-0.2, 0) is 11.2 Å². The van der Waals surface area contributed by atoms with Crippen molar-refractivity contribution in [1.82, 2.24) is 4.98 Å². The van der Waals surface area contributed by atoms with Crippen LogP contribution in [0, 0.1) is 13.8 Å². The Labute approximate surface area is 97.2 Å². The van der Waals surface area contributed by atoms with Crippen LogP contribution in [0.15, 0.2) is 0 Å². The second kappa shape index (κ2) is 5.73. The monoisotopic (exact) mass is 223 g/mol. The molecule has 1 rings (SSSR count). The minimum atomic E-state index is -0.228. The maximum atomic E-state index is 11.8. The first-order valence-electron chi connectivity index (χ1n) is 5.96. The van der Waals surface area contributed by atoms with Crippen molar-refractivity contribution in [2.45, 2.75) is 47.0 Å². The van der Waals surface area contributed by atoms with E-state index in [1.54, 1.807) is 0 Å². The number of aromatic nitrogens is 1. The molecule has 1 aromatic rings. The second-order valence-electron chi connectivity index (χ2n) is 4.07. The van der Waals surface area contributed by atoms with E-state index >= 15 is 0 Å². The highest BCUT2D eigenvalue weighted by atomic mass is 16.5. The van der Waals surface area contributed by atoms with Crippen LogP contribution in [0.1, 0.15) is 54.0 Å². The van der Waals surface area contributed by atoms with Gasteiger partial charge in [0.25, 0.3) is 0 Å². The molecular formula is C13H21NO2.